The molecule has 0 aromatic carbocycles. The molecule has 0 N–H and O–H groups in total. The maximum absolute atomic E-state index is 11.6. The van der Waals surface area contributed by atoms with Crippen LogP contribution in [0.2, 0.25) is 5.02 Å². The van der Waals surface area contributed by atoms with Gasteiger partial charge in [-0.05, 0) is 12.9 Å². The van der Waals surface area contributed by atoms with Gasteiger partial charge in [0.25, 0.3) is 0 Å². The van der Waals surface area contributed by atoms with E-state index >= 15 is 0 Å². The topological polar surface area (TPSA) is 39.2 Å². The van der Waals surface area contributed by atoms with Gasteiger partial charge in [-0.15, -0.1) is 0 Å². The lowest BCUT2D eigenvalue weighted by Crippen LogP contribution is -2.06. The zero-order valence-corrected chi connectivity index (χ0v) is 6.40. The second-order valence-electron chi connectivity index (χ2n) is 1.78. The average Bonchev–Trinajstić information content (AvgIpc) is 2.20. The molecule has 0 amide bonds. The van der Waals surface area contributed by atoms with Crippen LogP contribution >= 0.6 is 11.6 Å². The Kier molecular flexibility index (Phi) is 0.884. The van der Waals surface area contributed by atoms with Crippen LogP contribution < -0.4 is 0 Å². The van der Waals surface area contributed by atoms with Crippen LogP contribution in [0.15, 0.2) is 12.2 Å². The van der Waals surface area contributed by atoms with Crippen molar-refractivity contribution in [1.29, 1.82) is 0 Å². The molecular weight excluding hydrogens is 178 g/mol. The van der Waals surface area contributed by atoms with Crippen molar-refractivity contribution < 1.29 is 20.5 Å². The maximum Gasteiger partial charge on any atom is 0.356 e. The van der Waals surface area contributed by atoms with Gasteiger partial charge in [-0.2, -0.15) is 0 Å². The van der Waals surface area contributed by atoms with Crippen LogP contribution in [-0.4, -0.2) is 18.0 Å². The predicted octanol–water partition coefficient (Wildman–Crippen LogP) is 1.83. The lowest BCUT2D eigenvalue weighted by Gasteiger charge is -2.02. The molecule has 0 saturated heterocycles. The van der Waals surface area contributed by atoms with Crippen LogP contribution in [0.3, 0.4) is 0 Å². The Morgan fingerprint density at radius 2 is 2.75 bits per heavy atom. The number of ether oxygens (including phenoxy) is 1. The molecule has 0 saturated carbocycles. The number of hydrogen-bond donors (Lipinski definition) is 0. The third-order valence-electron chi connectivity index (χ3n) is 1.08. The number of methoxy groups -OCH3 is 1. The van der Waals surface area contributed by atoms with Crippen molar-refractivity contribution in [2.75, 3.05) is 7.04 Å². The smallest absolute Gasteiger partial charge is 0.356 e. The first-order chi connectivity index (χ1) is 8.84. The number of halogens is 1. The summed E-state index contributed by atoms with van der Waals surface area (Å²) in [6.07, 6.45) is -0.763. The quantitative estimate of drug-likeness (QED) is 0.639. The molecule has 0 unspecified atom stereocenters. The number of esters is 1. The van der Waals surface area contributed by atoms with Crippen molar-refractivity contribution in [2.45, 2.75) is 6.85 Å². The minimum Gasteiger partial charge on any atom is -0.464 e. The number of hydrogen-bond acceptors (Lipinski definition) is 3. The molecule has 0 aliphatic heterocycles. The third kappa shape index (κ3) is 1.56. The highest BCUT2D eigenvalue weighted by atomic mass is 35.5. The van der Waals surface area contributed by atoms with Gasteiger partial charge in [-0.25, -0.2) is 9.78 Å². The Balaban J connectivity index is 3.50. The molecule has 0 spiro atoms. The van der Waals surface area contributed by atoms with Gasteiger partial charge in [0.15, 0.2) is 5.69 Å². The van der Waals surface area contributed by atoms with E-state index in [1.165, 1.54) is 0 Å². The van der Waals surface area contributed by atoms with E-state index in [2.05, 4.69) is 9.72 Å². The fraction of sp³-hybridized carbons (Fsp3) is 0.250. The summed E-state index contributed by atoms with van der Waals surface area (Å²) in [7, 11) is -3.10. The number of carbonyl (C=O) groups excluding carboxylic acids is 1. The molecule has 0 fully saturated rings. The lowest BCUT2D eigenvalue weighted by molar-refractivity contribution is 0.0593. The molecule has 0 aliphatic carbocycles. The van der Waals surface area contributed by atoms with Crippen LogP contribution in [-0.2, 0) is 4.74 Å². The molecule has 3 nitrogen and oxygen atoms in total. The van der Waals surface area contributed by atoms with E-state index in [-0.39, 0.29) is 0 Å². The summed E-state index contributed by atoms with van der Waals surface area (Å²) in [6, 6.07) is -0.678. The third-order valence-corrected chi connectivity index (χ3v) is 1.36. The van der Waals surface area contributed by atoms with Gasteiger partial charge in [0.1, 0.15) is 0 Å². The normalized spacial score (nSPS) is 21.4. The van der Waals surface area contributed by atoms with E-state index in [4.69, 9.17) is 22.6 Å². The lowest BCUT2D eigenvalue weighted by atomic mass is 10.2. The van der Waals surface area contributed by atoms with Gasteiger partial charge >= 0.3 is 5.97 Å². The highest BCUT2D eigenvalue weighted by Crippen LogP contribution is 2.16. The zero-order chi connectivity index (χ0) is 15.9. The zero-order valence-electron chi connectivity index (χ0n) is 13.6. The molecule has 0 radical (unpaired) electrons. The van der Waals surface area contributed by atoms with Gasteiger partial charge < -0.3 is 4.74 Å². The van der Waals surface area contributed by atoms with Crippen LogP contribution in [0.4, 0.5) is 0 Å². The first-order valence-corrected chi connectivity index (χ1v) is 3.13. The monoisotopic (exact) mass is 193 g/mol. The van der Waals surface area contributed by atoms with Crippen LogP contribution in [0.5, 0.6) is 0 Å². The van der Waals surface area contributed by atoms with E-state index in [1.807, 2.05) is 0 Å². The van der Waals surface area contributed by atoms with E-state index in [0.29, 0.717) is 0 Å². The van der Waals surface area contributed by atoms with E-state index < -0.39 is 48.4 Å². The second kappa shape index (κ2) is 3.54. The molecule has 1 aromatic rings. The highest BCUT2D eigenvalue weighted by molar-refractivity contribution is 6.31. The summed E-state index contributed by atoms with van der Waals surface area (Å²) < 4.78 is 60.9. The summed E-state index contributed by atoms with van der Waals surface area (Å²) in [5, 5.41) is -0.664. The molecule has 1 heterocycles. The van der Waals surface area contributed by atoms with Crippen molar-refractivity contribution in [3.05, 3.63) is 28.5 Å². The molecule has 0 aliphatic rings. The van der Waals surface area contributed by atoms with Gasteiger partial charge in [0.05, 0.1) is 13.9 Å². The molecule has 4 heteroatoms. The summed E-state index contributed by atoms with van der Waals surface area (Å²) in [6.45, 7) is -2.92. The Bertz CT molecular complexity index is 553. The predicted molar refractivity (Wildman–Crippen MR) is 45.3 cm³/mol. The van der Waals surface area contributed by atoms with Crippen molar-refractivity contribution >= 4 is 17.6 Å². The van der Waals surface area contributed by atoms with Crippen molar-refractivity contribution in [1.82, 2.24) is 4.98 Å². The van der Waals surface area contributed by atoms with Gasteiger partial charge in [0, 0.05) is 20.9 Å². The fourth-order valence-electron chi connectivity index (χ4n) is 0.551. The summed E-state index contributed by atoms with van der Waals surface area (Å²) >= 11 is 5.65. The molecule has 12 heavy (non-hydrogen) atoms. The maximum atomic E-state index is 11.6. The Morgan fingerprint density at radius 1 is 1.92 bits per heavy atom. The SMILES string of the molecule is [2H]c1nc(C(=O)OC([2H])([2H])[2H])c(C([2H])([2H])[2H])c(Cl)c1[2H]. The summed E-state index contributed by atoms with van der Waals surface area (Å²) in [5.41, 5.74) is -1.72. The molecule has 0 bridgehead atoms. The van der Waals surface area contributed by atoms with Crippen molar-refractivity contribution in [2.24, 2.45) is 0 Å². The average molecular weight is 194 g/mol. The van der Waals surface area contributed by atoms with E-state index in [9.17, 15) is 4.79 Å². The summed E-state index contributed by atoms with van der Waals surface area (Å²) in [5.74, 6) is -1.55. The van der Waals surface area contributed by atoms with Crippen LogP contribution in [0.1, 0.15) is 27.0 Å². The van der Waals surface area contributed by atoms with Crippen LogP contribution in [0.25, 0.3) is 0 Å². The Labute approximate surface area is 86.6 Å². The number of pyridine rings is 1. The number of rotatable bonds is 1. The van der Waals surface area contributed by atoms with Crippen LogP contribution in [0, 0.1) is 6.85 Å². The molecule has 1 rings (SSSR count). The highest BCUT2D eigenvalue weighted by Gasteiger charge is 2.11. The minimum atomic E-state index is -3.10. The first kappa shape index (κ1) is 3.00. The van der Waals surface area contributed by atoms with E-state index in [1.54, 1.807) is 0 Å². The fourth-order valence-corrected chi connectivity index (χ4v) is 0.683. The van der Waals surface area contributed by atoms with Gasteiger partial charge in [-0.3, -0.25) is 0 Å². The van der Waals surface area contributed by atoms with Gasteiger partial charge in [-0.1, -0.05) is 11.6 Å². The largest absolute Gasteiger partial charge is 0.464 e. The van der Waals surface area contributed by atoms with E-state index in [0.717, 1.165) is 0 Å². The first-order valence-electron chi connectivity index (χ1n) is 6.75. The standard InChI is InChI=1S/C8H8ClNO2/c1-5-6(9)3-4-10-7(5)8(11)12-2/h3-4H,1-2H3/i1D3,2D3,3D,4D. The minimum absolute atomic E-state index is 0.664. The number of aromatic nitrogens is 1. The van der Waals surface area contributed by atoms with Crippen molar-refractivity contribution in [3.8, 4) is 0 Å². The molecule has 64 valence electrons. The van der Waals surface area contributed by atoms with Crippen molar-refractivity contribution in [3.63, 3.8) is 0 Å². The Morgan fingerprint density at radius 3 is 3.42 bits per heavy atom. The number of carbonyl (C=O) groups is 1. The molecular formula is C8H8ClNO2. The summed E-state index contributed by atoms with van der Waals surface area (Å²) in [4.78, 5) is 14.9. The molecule has 1 aromatic heterocycles. The number of nitrogens with zero attached hydrogens (tertiary/aromatic N) is 1. The Hall–Kier alpha value is -1.09. The van der Waals surface area contributed by atoms with Gasteiger partial charge in [0.2, 0.25) is 0 Å². The molecule has 0 atom stereocenters. The second-order valence-corrected chi connectivity index (χ2v) is 2.15.